The lowest BCUT2D eigenvalue weighted by Crippen LogP contribution is -1.87. The van der Waals surface area contributed by atoms with Crippen molar-refractivity contribution < 1.29 is 4.79 Å². The third kappa shape index (κ3) is 14.0. The molecule has 0 rings (SSSR count). The van der Waals surface area contributed by atoms with Crippen molar-refractivity contribution in [2.24, 2.45) is 0 Å². The van der Waals surface area contributed by atoms with Gasteiger partial charge in [-0.1, -0.05) is 70.1 Å². The van der Waals surface area contributed by atoms with Crippen LogP contribution in [0.25, 0.3) is 0 Å². The molecule has 0 aromatic carbocycles. The zero-order valence-electron chi connectivity index (χ0n) is 10.4. The maximum Gasteiger partial charge on any atom is 0.185 e. The van der Waals surface area contributed by atoms with E-state index in [1.54, 1.807) is 6.92 Å². The van der Waals surface area contributed by atoms with E-state index in [0.717, 1.165) is 5.75 Å². The highest BCUT2D eigenvalue weighted by atomic mass is 32.2. The van der Waals surface area contributed by atoms with Crippen LogP contribution in [0.4, 0.5) is 0 Å². The minimum absolute atomic E-state index is 0.259. The van der Waals surface area contributed by atoms with Gasteiger partial charge in [-0.3, -0.25) is 4.79 Å². The molecule has 0 fully saturated rings. The van der Waals surface area contributed by atoms with E-state index >= 15 is 0 Å². The van der Waals surface area contributed by atoms with Crippen molar-refractivity contribution >= 4 is 16.9 Å². The van der Waals surface area contributed by atoms with Crippen molar-refractivity contribution in [1.82, 2.24) is 0 Å². The second-order valence-corrected chi connectivity index (χ2v) is 5.44. The number of carbonyl (C=O) groups is 1. The molecule has 0 unspecified atom stereocenters. The van der Waals surface area contributed by atoms with E-state index in [2.05, 4.69) is 6.92 Å². The summed E-state index contributed by atoms with van der Waals surface area (Å²) in [7, 11) is 0. The largest absolute Gasteiger partial charge is 0.288 e. The smallest absolute Gasteiger partial charge is 0.185 e. The van der Waals surface area contributed by atoms with Crippen LogP contribution in [0.5, 0.6) is 0 Å². The molecule has 0 aromatic heterocycles. The summed E-state index contributed by atoms with van der Waals surface area (Å²) in [4.78, 5) is 10.6. The number of hydrogen-bond acceptors (Lipinski definition) is 2. The van der Waals surface area contributed by atoms with Gasteiger partial charge in [0.25, 0.3) is 0 Å². The summed E-state index contributed by atoms with van der Waals surface area (Å²) in [5, 5.41) is 0.259. The molecule has 0 heterocycles. The maximum absolute atomic E-state index is 10.6. The molecule has 2 heteroatoms. The Balaban J connectivity index is 2.89. The van der Waals surface area contributed by atoms with Gasteiger partial charge in [-0.25, -0.2) is 0 Å². The fourth-order valence-electron chi connectivity index (χ4n) is 1.63. The highest BCUT2D eigenvalue weighted by molar-refractivity contribution is 8.13. The number of thioether (sulfide) groups is 1. The Labute approximate surface area is 99.4 Å². The molecule has 0 aliphatic heterocycles. The van der Waals surface area contributed by atoms with Crippen molar-refractivity contribution in [2.75, 3.05) is 5.75 Å². The van der Waals surface area contributed by atoms with Gasteiger partial charge in [-0.15, -0.1) is 0 Å². The second-order valence-electron chi connectivity index (χ2n) is 4.17. The zero-order chi connectivity index (χ0) is 11.4. The first kappa shape index (κ1) is 15.0. The minimum atomic E-state index is 0.259. The highest BCUT2D eigenvalue weighted by Crippen LogP contribution is 2.11. The number of rotatable bonds is 10. The lowest BCUT2D eigenvalue weighted by atomic mass is 10.1. The van der Waals surface area contributed by atoms with Gasteiger partial charge in [0.05, 0.1) is 0 Å². The van der Waals surface area contributed by atoms with Crippen LogP contribution in [0.1, 0.15) is 71.6 Å². The lowest BCUT2D eigenvalue weighted by Gasteiger charge is -2.01. The first-order valence-electron chi connectivity index (χ1n) is 6.40. The highest BCUT2D eigenvalue weighted by Gasteiger charge is 1.94. The summed E-state index contributed by atoms with van der Waals surface area (Å²) >= 11 is 1.47. The van der Waals surface area contributed by atoms with Crippen LogP contribution in [0.3, 0.4) is 0 Å². The van der Waals surface area contributed by atoms with Gasteiger partial charge in [0.1, 0.15) is 0 Å². The molecule has 0 saturated carbocycles. The molecule has 0 saturated heterocycles. The Hall–Kier alpha value is 0.0200. The van der Waals surface area contributed by atoms with E-state index in [0.29, 0.717) is 0 Å². The first-order chi connectivity index (χ1) is 7.27. The van der Waals surface area contributed by atoms with Crippen molar-refractivity contribution in [3.05, 3.63) is 0 Å². The Morgan fingerprint density at radius 1 is 0.867 bits per heavy atom. The van der Waals surface area contributed by atoms with E-state index in [4.69, 9.17) is 0 Å². The third-order valence-corrected chi connectivity index (χ3v) is 3.45. The second kappa shape index (κ2) is 12.1. The predicted octanol–water partition coefficient (Wildman–Crippen LogP) is 4.80. The summed E-state index contributed by atoms with van der Waals surface area (Å²) in [6, 6.07) is 0. The molecular formula is C13H26OS. The van der Waals surface area contributed by atoms with Gasteiger partial charge in [0, 0.05) is 12.7 Å². The summed E-state index contributed by atoms with van der Waals surface area (Å²) in [5.74, 6) is 1.02. The molecule has 15 heavy (non-hydrogen) atoms. The molecule has 0 radical (unpaired) electrons. The van der Waals surface area contributed by atoms with Crippen LogP contribution in [0.15, 0.2) is 0 Å². The summed E-state index contributed by atoms with van der Waals surface area (Å²) in [6.07, 6.45) is 12.2. The molecule has 90 valence electrons. The first-order valence-corrected chi connectivity index (χ1v) is 7.39. The molecule has 0 amide bonds. The van der Waals surface area contributed by atoms with Crippen molar-refractivity contribution in [2.45, 2.75) is 71.6 Å². The van der Waals surface area contributed by atoms with E-state index in [9.17, 15) is 4.79 Å². The topological polar surface area (TPSA) is 17.1 Å². The fraction of sp³-hybridized carbons (Fsp3) is 0.923. The van der Waals surface area contributed by atoms with Gasteiger partial charge in [-0.2, -0.15) is 0 Å². The van der Waals surface area contributed by atoms with Gasteiger partial charge in [0.15, 0.2) is 5.12 Å². The van der Waals surface area contributed by atoms with E-state index < -0.39 is 0 Å². The molecular weight excluding hydrogens is 204 g/mol. The molecule has 0 spiro atoms. The zero-order valence-corrected chi connectivity index (χ0v) is 11.2. The monoisotopic (exact) mass is 230 g/mol. The summed E-state index contributed by atoms with van der Waals surface area (Å²) in [5.41, 5.74) is 0. The van der Waals surface area contributed by atoms with E-state index in [-0.39, 0.29) is 5.12 Å². The Kier molecular flexibility index (Phi) is 12.1. The SMILES string of the molecule is CCCCCCCCCCCSC(C)=O. The Morgan fingerprint density at radius 3 is 1.80 bits per heavy atom. The van der Waals surface area contributed by atoms with Crippen molar-refractivity contribution in [1.29, 1.82) is 0 Å². The molecule has 0 aliphatic carbocycles. The van der Waals surface area contributed by atoms with Gasteiger partial charge < -0.3 is 0 Å². The third-order valence-electron chi connectivity index (χ3n) is 2.55. The van der Waals surface area contributed by atoms with Crippen molar-refractivity contribution in [3.63, 3.8) is 0 Å². The molecule has 0 atom stereocenters. The molecule has 0 aromatic rings. The minimum Gasteiger partial charge on any atom is -0.288 e. The molecule has 0 bridgehead atoms. The lowest BCUT2D eigenvalue weighted by molar-refractivity contribution is -0.109. The number of hydrogen-bond donors (Lipinski definition) is 0. The number of carbonyl (C=O) groups excluding carboxylic acids is 1. The van der Waals surface area contributed by atoms with Crippen molar-refractivity contribution in [3.8, 4) is 0 Å². The molecule has 1 nitrogen and oxygen atoms in total. The fourth-order valence-corrected chi connectivity index (χ4v) is 2.26. The normalized spacial score (nSPS) is 10.5. The van der Waals surface area contributed by atoms with Gasteiger partial charge >= 0.3 is 0 Å². The maximum atomic E-state index is 10.6. The standard InChI is InChI=1S/C13H26OS/c1-3-4-5-6-7-8-9-10-11-12-15-13(2)14/h3-12H2,1-2H3. The average Bonchev–Trinajstić information content (AvgIpc) is 2.20. The quantitative estimate of drug-likeness (QED) is 0.502. The summed E-state index contributed by atoms with van der Waals surface area (Å²) in [6.45, 7) is 3.91. The van der Waals surface area contributed by atoms with Gasteiger partial charge in [-0.05, 0) is 6.42 Å². The predicted molar refractivity (Wildman–Crippen MR) is 70.4 cm³/mol. The van der Waals surface area contributed by atoms with Gasteiger partial charge in [0.2, 0.25) is 0 Å². The molecule has 0 N–H and O–H groups in total. The Morgan fingerprint density at radius 2 is 1.33 bits per heavy atom. The number of unbranched alkanes of at least 4 members (excludes halogenated alkanes) is 8. The van der Waals surface area contributed by atoms with E-state index in [1.807, 2.05) is 0 Å². The molecule has 0 aliphatic rings. The van der Waals surface area contributed by atoms with Crippen LogP contribution in [-0.2, 0) is 4.79 Å². The van der Waals surface area contributed by atoms with Crippen LogP contribution in [0.2, 0.25) is 0 Å². The van der Waals surface area contributed by atoms with Crippen LogP contribution in [0, 0.1) is 0 Å². The van der Waals surface area contributed by atoms with E-state index in [1.165, 1.54) is 69.5 Å². The Bertz CT molecular complexity index is 145. The van der Waals surface area contributed by atoms with Crippen LogP contribution >= 0.6 is 11.8 Å². The van der Waals surface area contributed by atoms with Crippen LogP contribution < -0.4 is 0 Å². The van der Waals surface area contributed by atoms with Crippen LogP contribution in [-0.4, -0.2) is 10.9 Å². The average molecular weight is 230 g/mol. The summed E-state index contributed by atoms with van der Waals surface area (Å²) < 4.78 is 0.